The first kappa shape index (κ1) is 18.5. The third kappa shape index (κ3) is 3.88. The molecule has 0 aliphatic rings. The second kappa shape index (κ2) is 8.04. The molecule has 0 atom stereocenters. The van der Waals surface area contributed by atoms with Gasteiger partial charge in [0.2, 0.25) is 0 Å². The smallest absolute Gasteiger partial charge is 0.339 e. The Morgan fingerprint density at radius 1 is 1.00 bits per heavy atom. The van der Waals surface area contributed by atoms with Gasteiger partial charge in [0, 0.05) is 15.4 Å². The molecule has 0 aliphatic carbocycles. The number of esters is 1. The van der Waals surface area contributed by atoms with Crippen LogP contribution in [0.1, 0.15) is 20.7 Å². The van der Waals surface area contributed by atoms with Gasteiger partial charge < -0.3 is 4.74 Å². The highest BCUT2D eigenvalue weighted by Crippen LogP contribution is 2.28. The Hall–Kier alpha value is -2.83. The summed E-state index contributed by atoms with van der Waals surface area (Å²) in [5.74, 6) is -0.800. The molecule has 0 amide bonds. The van der Waals surface area contributed by atoms with Crippen molar-refractivity contribution in [3.8, 4) is 10.6 Å². The maximum absolute atomic E-state index is 12.8. The molecule has 0 spiro atoms. The van der Waals surface area contributed by atoms with E-state index < -0.39 is 5.97 Å². The monoisotopic (exact) mass is 451 g/mol. The topological polar surface area (TPSA) is 56.3 Å². The predicted molar refractivity (Wildman–Crippen MR) is 114 cm³/mol. The lowest BCUT2D eigenvalue weighted by atomic mass is 10.1. The molecule has 138 valence electrons. The van der Waals surface area contributed by atoms with Crippen LogP contribution in [0.2, 0.25) is 0 Å². The molecule has 0 unspecified atom stereocenters. The first-order valence-electron chi connectivity index (χ1n) is 8.51. The summed E-state index contributed by atoms with van der Waals surface area (Å²) in [4.78, 5) is 30.7. The van der Waals surface area contributed by atoms with E-state index in [2.05, 4.69) is 20.9 Å². The predicted octanol–water partition coefficient (Wildman–Crippen LogP) is 5.77. The Morgan fingerprint density at radius 2 is 1.86 bits per heavy atom. The minimum atomic E-state index is -0.542. The maximum Gasteiger partial charge on any atom is 0.339 e. The van der Waals surface area contributed by atoms with E-state index in [4.69, 9.17) is 4.74 Å². The highest BCUT2D eigenvalue weighted by Gasteiger charge is 2.17. The quantitative estimate of drug-likeness (QED) is 0.285. The van der Waals surface area contributed by atoms with Gasteiger partial charge in [0.05, 0.1) is 21.7 Å². The number of hydrogen-bond donors (Lipinski definition) is 0. The SMILES string of the molecule is O=C(COC(=O)c1cc(-c2cccs2)nc2ccccc12)c1cccc(Br)c1. The number of thiophene rings is 1. The number of ketones is 1. The highest BCUT2D eigenvalue weighted by atomic mass is 79.9. The molecule has 0 bridgehead atoms. The Labute approximate surface area is 173 Å². The molecule has 28 heavy (non-hydrogen) atoms. The van der Waals surface area contributed by atoms with Gasteiger partial charge in [-0.15, -0.1) is 11.3 Å². The van der Waals surface area contributed by atoms with Crippen LogP contribution in [0.15, 0.2) is 76.6 Å². The van der Waals surface area contributed by atoms with E-state index in [1.54, 1.807) is 35.6 Å². The van der Waals surface area contributed by atoms with Crippen LogP contribution < -0.4 is 0 Å². The molecule has 2 heterocycles. The normalized spacial score (nSPS) is 10.8. The fraction of sp³-hybridized carbons (Fsp3) is 0.0455. The summed E-state index contributed by atoms with van der Waals surface area (Å²) in [6.45, 7) is -0.319. The van der Waals surface area contributed by atoms with Gasteiger partial charge in [0.25, 0.3) is 0 Å². The fourth-order valence-electron chi connectivity index (χ4n) is 2.85. The number of Topliss-reactive ketones (excluding diaryl/α,β-unsaturated/α-hetero) is 1. The number of carbonyl (C=O) groups is 2. The maximum atomic E-state index is 12.8. The van der Waals surface area contributed by atoms with Crippen molar-refractivity contribution in [2.24, 2.45) is 0 Å². The summed E-state index contributed by atoms with van der Waals surface area (Å²) < 4.78 is 6.13. The van der Waals surface area contributed by atoms with Crippen LogP contribution in [0.3, 0.4) is 0 Å². The zero-order valence-electron chi connectivity index (χ0n) is 14.6. The van der Waals surface area contributed by atoms with Crippen LogP contribution in [0.25, 0.3) is 21.5 Å². The van der Waals surface area contributed by atoms with Crippen molar-refractivity contribution in [3.63, 3.8) is 0 Å². The van der Waals surface area contributed by atoms with Gasteiger partial charge in [-0.2, -0.15) is 0 Å². The number of nitrogens with zero attached hydrogens (tertiary/aromatic N) is 1. The second-order valence-electron chi connectivity index (χ2n) is 6.06. The molecular formula is C22H14BrNO3S. The first-order chi connectivity index (χ1) is 13.6. The minimum absolute atomic E-state index is 0.258. The van der Waals surface area contributed by atoms with Crippen LogP contribution in [0.5, 0.6) is 0 Å². The third-order valence-corrected chi connectivity index (χ3v) is 5.58. The summed E-state index contributed by atoms with van der Waals surface area (Å²) in [5.41, 5.74) is 2.30. The number of aromatic nitrogens is 1. The highest BCUT2D eigenvalue weighted by molar-refractivity contribution is 9.10. The zero-order chi connectivity index (χ0) is 19.5. The van der Waals surface area contributed by atoms with Crippen LogP contribution in [0, 0.1) is 0 Å². The lowest BCUT2D eigenvalue weighted by Crippen LogP contribution is -2.15. The van der Waals surface area contributed by atoms with Crippen LogP contribution in [-0.2, 0) is 4.74 Å². The van der Waals surface area contributed by atoms with E-state index in [0.717, 1.165) is 9.35 Å². The van der Waals surface area contributed by atoms with Gasteiger partial charge in [0.1, 0.15) is 0 Å². The molecule has 6 heteroatoms. The number of halogens is 1. The standard InChI is InChI=1S/C22H14BrNO3S/c23-15-6-3-5-14(11-15)20(25)13-27-22(26)17-12-19(21-9-4-10-28-21)24-18-8-2-1-7-16(17)18/h1-12H,13H2. The number of fused-ring (bicyclic) bond motifs is 1. The van der Waals surface area contributed by atoms with E-state index in [1.807, 2.05) is 47.8 Å². The molecule has 0 fully saturated rings. The van der Waals surface area contributed by atoms with E-state index in [1.165, 1.54) is 0 Å². The summed E-state index contributed by atoms with van der Waals surface area (Å²) >= 11 is 4.88. The molecule has 4 rings (SSSR count). The van der Waals surface area contributed by atoms with Crippen LogP contribution >= 0.6 is 27.3 Å². The number of rotatable bonds is 5. The summed E-state index contributed by atoms with van der Waals surface area (Å²) in [5, 5.41) is 2.66. The number of benzene rings is 2. The van der Waals surface area contributed by atoms with Gasteiger partial charge in [-0.05, 0) is 35.7 Å². The Kier molecular flexibility index (Phi) is 5.32. The fourth-order valence-corrected chi connectivity index (χ4v) is 3.93. The molecule has 0 aliphatic heterocycles. The molecule has 4 aromatic rings. The van der Waals surface area contributed by atoms with Crippen molar-refractivity contribution in [2.45, 2.75) is 0 Å². The lowest BCUT2D eigenvalue weighted by molar-refractivity contribution is 0.0476. The molecule has 0 saturated heterocycles. The Balaban J connectivity index is 1.62. The average molecular weight is 452 g/mol. The van der Waals surface area contributed by atoms with Crippen LogP contribution in [0.4, 0.5) is 0 Å². The molecule has 2 aromatic heterocycles. The summed E-state index contributed by atoms with van der Waals surface area (Å²) in [6.07, 6.45) is 0. The third-order valence-electron chi connectivity index (χ3n) is 4.19. The summed E-state index contributed by atoms with van der Waals surface area (Å²) in [7, 11) is 0. The molecular weight excluding hydrogens is 438 g/mol. The number of carbonyl (C=O) groups excluding carboxylic acids is 2. The average Bonchev–Trinajstić information content (AvgIpc) is 3.26. The number of ether oxygens (including phenoxy) is 1. The van der Waals surface area contributed by atoms with Gasteiger partial charge in [0.15, 0.2) is 12.4 Å². The van der Waals surface area contributed by atoms with Crippen molar-refractivity contribution >= 4 is 49.9 Å². The van der Waals surface area contributed by atoms with Gasteiger partial charge >= 0.3 is 5.97 Å². The molecule has 4 nitrogen and oxygen atoms in total. The van der Waals surface area contributed by atoms with Gasteiger partial charge in [-0.1, -0.05) is 52.3 Å². The van der Waals surface area contributed by atoms with E-state index >= 15 is 0 Å². The number of para-hydroxylation sites is 1. The number of pyridine rings is 1. The molecule has 0 saturated carbocycles. The van der Waals surface area contributed by atoms with Gasteiger partial charge in [-0.25, -0.2) is 9.78 Å². The Morgan fingerprint density at radius 3 is 2.64 bits per heavy atom. The number of hydrogen-bond acceptors (Lipinski definition) is 5. The van der Waals surface area contributed by atoms with E-state index in [0.29, 0.717) is 27.7 Å². The van der Waals surface area contributed by atoms with Crippen molar-refractivity contribution in [3.05, 3.63) is 87.7 Å². The largest absolute Gasteiger partial charge is 0.454 e. The molecule has 2 aromatic carbocycles. The van der Waals surface area contributed by atoms with E-state index in [9.17, 15) is 9.59 Å². The lowest BCUT2D eigenvalue weighted by Gasteiger charge is -2.09. The van der Waals surface area contributed by atoms with Gasteiger partial charge in [-0.3, -0.25) is 4.79 Å². The zero-order valence-corrected chi connectivity index (χ0v) is 17.0. The van der Waals surface area contributed by atoms with Crippen molar-refractivity contribution in [2.75, 3.05) is 6.61 Å². The second-order valence-corrected chi connectivity index (χ2v) is 7.92. The minimum Gasteiger partial charge on any atom is -0.454 e. The summed E-state index contributed by atoms with van der Waals surface area (Å²) in [6, 6.07) is 20.0. The molecule has 0 radical (unpaired) electrons. The van der Waals surface area contributed by atoms with Crippen LogP contribution in [-0.4, -0.2) is 23.3 Å². The van der Waals surface area contributed by atoms with Crippen molar-refractivity contribution < 1.29 is 14.3 Å². The van der Waals surface area contributed by atoms with Crippen molar-refractivity contribution in [1.29, 1.82) is 0 Å². The van der Waals surface area contributed by atoms with E-state index in [-0.39, 0.29) is 12.4 Å². The first-order valence-corrected chi connectivity index (χ1v) is 10.2. The Bertz CT molecular complexity index is 1170. The van der Waals surface area contributed by atoms with Crippen molar-refractivity contribution in [1.82, 2.24) is 4.98 Å². The molecule has 0 N–H and O–H groups in total.